The van der Waals surface area contributed by atoms with Gasteiger partial charge in [-0.15, -0.1) is 0 Å². The van der Waals surface area contributed by atoms with E-state index in [1.165, 1.54) is 0 Å². The maximum atomic E-state index is 9.42. The molecule has 1 saturated carbocycles. The van der Waals surface area contributed by atoms with E-state index >= 15 is 0 Å². The molecule has 0 amide bonds. The van der Waals surface area contributed by atoms with Crippen LogP contribution in [0, 0.1) is 5.41 Å². The third kappa shape index (κ3) is 1.92. The number of aliphatic hydroxyl groups excluding tert-OH is 1. The zero-order chi connectivity index (χ0) is 10.1. The van der Waals surface area contributed by atoms with E-state index in [4.69, 9.17) is 10.9 Å². The molecule has 13 heavy (non-hydrogen) atoms. The number of hydrogen-bond acceptors (Lipinski definition) is 4. The van der Waals surface area contributed by atoms with Gasteiger partial charge in [0.2, 0.25) is 0 Å². The van der Waals surface area contributed by atoms with Crippen LogP contribution in [0.4, 0.5) is 0 Å². The van der Waals surface area contributed by atoms with Crippen molar-refractivity contribution < 1.29 is 10.3 Å². The Hall–Kier alpha value is -0.810. The molecule has 1 fully saturated rings. The van der Waals surface area contributed by atoms with Crippen molar-refractivity contribution in [3.05, 3.63) is 0 Å². The highest BCUT2D eigenvalue weighted by atomic mass is 16.4. The molecule has 0 aromatic rings. The predicted molar refractivity (Wildman–Crippen MR) is 49.6 cm³/mol. The van der Waals surface area contributed by atoms with Gasteiger partial charge in [0.25, 0.3) is 0 Å². The predicted octanol–water partition coefficient (Wildman–Crippen LogP) is -0.518. The Kier molecular flexibility index (Phi) is 2.77. The molecule has 5 N–H and O–H groups in total. The summed E-state index contributed by atoms with van der Waals surface area (Å²) in [5.74, 6) is 0.164. The van der Waals surface area contributed by atoms with Crippen LogP contribution in [-0.2, 0) is 0 Å². The number of oxime groups is 1. The molecule has 2 unspecified atom stereocenters. The quantitative estimate of drug-likeness (QED) is 0.207. The third-order valence-electron chi connectivity index (χ3n) is 2.87. The first-order chi connectivity index (χ1) is 5.98. The van der Waals surface area contributed by atoms with Gasteiger partial charge in [-0.2, -0.15) is 0 Å². The fraction of sp³-hybridized carbons (Fsp3) is 0.875. The highest BCUT2D eigenvalue weighted by molar-refractivity contribution is 5.81. The second-order valence-corrected chi connectivity index (χ2v) is 4.10. The lowest BCUT2D eigenvalue weighted by molar-refractivity contribution is -0.0709. The molecule has 1 rings (SSSR count). The Morgan fingerprint density at radius 3 is 2.69 bits per heavy atom. The Morgan fingerprint density at radius 2 is 2.31 bits per heavy atom. The first-order valence-electron chi connectivity index (χ1n) is 4.36. The second kappa shape index (κ2) is 3.51. The lowest BCUT2D eigenvalue weighted by atomic mass is 9.64. The molecule has 0 bridgehead atoms. The summed E-state index contributed by atoms with van der Waals surface area (Å²) in [4.78, 5) is 0. The minimum atomic E-state index is -0.253. The standard InChI is InChI=1S/C8H17N3O2/c1-8(2)5(3-6(8)12)10-4-7(9)11-13/h5-6,10,12-13H,3-4H2,1-2H3,(H2,9,11). The molecule has 2 atom stereocenters. The molecule has 0 radical (unpaired) electrons. The Morgan fingerprint density at radius 1 is 1.69 bits per heavy atom. The molecular weight excluding hydrogens is 170 g/mol. The van der Waals surface area contributed by atoms with E-state index in [0.717, 1.165) is 6.42 Å². The third-order valence-corrected chi connectivity index (χ3v) is 2.87. The van der Waals surface area contributed by atoms with Gasteiger partial charge in [-0.05, 0) is 6.42 Å². The molecule has 5 nitrogen and oxygen atoms in total. The number of aliphatic hydroxyl groups is 1. The van der Waals surface area contributed by atoms with Gasteiger partial charge in [-0.25, -0.2) is 0 Å². The van der Waals surface area contributed by atoms with Gasteiger partial charge in [0.15, 0.2) is 5.84 Å². The topological polar surface area (TPSA) is 90.9 Å². The number of nitrogens with zero attached hydrogens (tertiary/aromatic N) is 1. The SMILES string of the molecule is CC1(C)C(O)CC1NCC(N)=NO. The molecule has 76 valence electrons. The van der Waals surface area contributed by atoms with E-state index in [0.29, 0.717) is 6.54 Å². The lowest BCUT2D eigenvalue weighted by Crippen LogP contribution is -2.60. The van der Waals surface area contributed by atoms with Crippen LogP contribution in [0.15, 0.2) is 5.16 Å². The van der Waals surface area contributed by atoms with Crippen LogP contribution in [0.2, 0.25) is 0 Å². The maximum absolute atomic E-state index is 9.42. The molecule has 5 heteroatoms. The summed E-state index contributed by atoms with van der Waals surface area (Å²) < 4.78 is 0. The number of nitrogens with two attached hydrogens (primary N) is 1. The summed E-state index contributed by atoms with van der Waals surface area (Å²) in [5, 5.41) is 23.7. The Labute approximate surface area is 77.6 Å². The van der Waals surface area contributed by atoms with Crippen molar-refractivity contribution in [1.29, 1.82) is 0 Å². The highest BCUT2D eigenvalue weighted by Gasteiger charge is 2.46. The van der Waals surface area contributed by atoms with E-state index in [2.05, 4.69) is 10.5 Å². The second-order valence-electron chi connectivity index (χ2n) is 4.10. The molecule has 0 aliphatic heterocycles. The van der Waals surface area contributed by atoms with Crippen LogP contribution in [0.25, 0.3) is 0 Å². The van der Waals surface area contributed by atoms with E-state index in [9.17, 15) is 5.11 Å². The van der Waals surface area contributed by atoms with Crippen molar-refractivity contribution in [3.8, 4) is 0 Å². The fourth-order valence-corrected chi connectivity index (χ4v) is 1.51. The van der Waals surface area contributed by atoms with Crippen LogP contribution in [0.3, 0.4) is 0 Å². The highest BCUT2D eigenvalue weighted by Crippen LogP contribution is 2.40. The molecule has 0 saturated heterocycles. The number of nitrogens with one attached hydrogen (secondary N) is 1. The van der Waals surface area contributed by atoms with E-state index in [1.54, 1.807) is 0 Å². The minimum absolute atomic E-state index is 0.115. The minimum Gasteiger partial charge on any atom is -0.409 e. The van der Waals surface area contributed by atoms with Crippen molar-refractivity contribution >= 4 is 5.84 Å². The van der Waals surface area contributed by atoms with Crippen molar-refractivity contribution in [2.45, 2.75) is 32.4 Å². The van der Waals surface area contributed by atoms with Crippen molar-refractivity contribution in [3.63, 3.8) is 0 Å². The van der Waals surface area contributed by atoms with Crippen LogP contribution < -0.4 is 11.1 Å². The van der Waals surface area contributed by atoms with Gasteiger partial charge >= 0.3 is 0 Å². The van der Waals surface area contributed by atoms with Gasteiger partial charge in [-0.1, -0.05) is 19.0 Å². The van der Waals surface area contributed by atoms with Crippen LogP contribution in [0.5, 0.6) is 0 Å². The van der Waals surface area contributed by atoms with Crippen LogP contribution in [-0.4, -0.2) is 34.8 Å². The van der Waals surface area contributed by atoms with Crippen LogP contribution >= 0.6 is 0 Å². The Bertz CT molecular complexity index is 215. The molecule has 1 aliphatic carbocycles. The molecule has 0 heterocycles. The summed E-state index contributed by atoms with van der Waals surface area (Å²) in [5.41, 5.74) is 5.18. The van der Waals surface area contributed by atoms with Crippen molar-refractivity contribution in [2.75, 3.05) is 6.54 Å². The van der Waals surface area contributed by atoms with E-state index in [-0.39, 0.29) is 23.4 Å². The molecule has 0 aromatic carbocycles. The summed E-state index contributed by atoms with van der Waals surface area (Å²) >= 11 is 0. The van der Waals surface area contributed by atoms with Gasteiger partial charge in [0.05, 0.1) is 12.6 Å². The number of amidine groups is 1. The molecule has 0 spiro atoms. The van der Waals surface area contributed by atoms with E-state index < -0.39 is 0 Å². The van der Waals surface area contributed by atoms with Gasteiger partial charge in [-0.3, -0.25) is 0 Å². The van der Waals surface area contributed by atoms with E-state index in [1.807, 2.05) is 13.8 Å². The maximum Gasteiger partial charge on any atom is 0.153 e. The molecular formula is C8H17N3O2. The zero-order valence-corrected chi connectivity index (χ0v) is 7.99. The summed E-state index contributed by atoms with van der Waals surface area (Å²) in [7, 11) is 0. The number of hydrogen-bond donors (Lipinski definition) is 4. The van der Waals surface area contributed by atoms with Crippen LogP contribution in [0.1, 0.15) is 20.3 Å². The zero-order valence-electron chi connectivity index (χ0n) is 7.99. The van der Waals surface area contributed by atoms with Gasteiger partial charge < -0.3 is 21.4 Å². The normalized spacial score (nSPS) is 32.7. The Balaban J connectivity index is 2.33. The van der Waals surface area contributed by atoms with Crippen molar-refractivity contribution in [1.82, 2.24) is 5.32 Å². The molecule has 1 aliphatic rings. The summed E-state index contributed by atoms with van der Waals surface area (Å²) in [6.07, 6.45) is 0.475. The first kappa shape index (κ1) is 10.3. The first-order valence-corrected chi connectivity index (χ1v) is 4.36. The monoisotopic (exact) mass is 187 g/mol. The fourth-order valence-electron chi connectivity index (χ4n) is 1.51. The smallest absolute Gasteiger partial charge is 0.153 e. The number of rotatable bonds is 3. The average molecular weight is 187 g/mol. The van der Waals surface area contributed by atoms with Gasteiger partial charge in [0, 0.05) is 11.5 Å². The lowest BCUT2D eigenvalue weighted by Gasteiger charge is -2.49. The summed E-state index contributed by atoms with van der Waals surface area (Å²) in [6.45, 7) is 4.34. The average Bonchev–Trinajstić information content (AvgIpc) is 2.11. The largest absolute Gasteiger partial charge is 0.409 e. The van der Waals surface area contributed by atoms with Crippen molar-refractivity contribution in [2.24, 2.45) is 16.3 Å². The summed E-state index contributed by atoms with van der Waals surface area (Å²) in [6, 6.07) is 0.239. The van der Waals surface area contributed by atoms with Gasteiger partial charge in [0.1, 0.15) is 0 Å². The molecule has 0 aromatic heterocycles.